The number of carbonyl (C=O) groups is 2. The topological polar surface area (TPSA) is 65.2 Å². The Labute approximate surface area is 110 Å². The Kier molecular flexibility index (Phi) is 2.55. The van der Waals surface area contributed by atoms with Gasteiger partial charge in [0, 0.05) is 30.6 Å². The number of H-pyrrole nitrogens is 1. The fourth-order valence-corrected chi connectivity index (χ4v) is 2.53. The molecule has 1 saturated heterocycles. The smallest absolute Gasteiger partial charge is 0.324 e. The summed E-state index contributed by atoms with van der Waals surface area (Å²) in [6, 6.07) is 5.27. The number of fused-ring (bicyclic) bond motifs is 1. The number of likely N-dealkylation sites (N-methyl/N-ethyl adjacent to an activating group) is 1. The third-order valence-corrected chi connectivity index (χ3v) is 3.66. The second-order valence-corrected chi connectivity index (χ2v) is 4.91. The number of amides is 3. The molecule has 1 aromatic carbocycles. The summed E-state index contributed by atoms with van der Waals surface area (Å²) in [6.45, 7) is 2.04. The highest BCUT2D eigenvalue weighted by atomic mass is 16.2. The number of nitrogens with zero attached hydrogens (tertiary/aromatic N) is 1. The minimum Gasteiger partial charge on any atom is -0.361 e. The summed E-state index contributed by atoms with van der Waals surface area (Å²) in [6.07, 6.45) is 2.42. The average molecular weight is 257 g/mol. The minimum absolute atomic E-state index is 0.174. The largest absolute Gasteiger partial charge is 0.361 e. The Morgan fingerprint density at radius 1 is 1.32 bits per heavy atom. The summed E-state index contributed by atoms with van der Waals surface area (Å²) in [4.78, 5) is 27.7. The fourth-order valence-electron chi connectivity index (χ4n) is 2.53. The van der Waals surface area contributed by atoms with Gasteiger partial charge in [0.15, 0.2) is 0 Å². The molecule has 0 spiro atoms. The highest BCUT2D eigenvalue weighted by Crippen LogP contribution is 2.23. The summed E-state index contributed by atoms with van der Waals surface area (Å²) < 4.78 is 0. The molecule has 19 heavy (non-hydrogen) atoms. The molecule has 0 radical (unpaired) electrons. The van der Waals surface area contributed by atoms with E-state index >= 15 is 0 Å². The Hall–Kier alpha value is -2.30. The van der Waals surface area contributed by atoms with Crippen molar-refractivity contribution in [2.75, 3.05) is 7.05 Å². The maximum Gasteiger partial charge on any atom is 0.324 e. The number of aromatic nitrogens is 1. The lowest BCUT2D eigenvalue weighted by atomic mass is 10.0. The third-order valence-electron chi connectivity index (χ3n) is 3.66. The van der Waals surface area contributed by atoms with E-state index in [0.29, 0.717) is 6.42 Å². The van der Waals surface area contributed by atoms with Crippen LogP contribution in [0.1, 0.15) is 11.1 Å². The molecule has 0 aliphatic carbocycles. The van der Waals surface area contributed by atoms with Gasteiger partial charge in [0.1, 0.15) is 6.04 Å². The maximum absolute atomic E-state index is 11.9. The lowest BCUT2D eigenvalue weighted by Crippen LogP contribution is -2.31. The van der Waals surface area contributed by atoms with Gasteiger partial charge in [-0.05, 0) is 18.1 Å². The molecule has 5 heteroatoms. The van der Waals surface area contributed by atoms with Gasteiger partial charge in [-0.1, -0.05) is 18.2 Å². The molecule has 98 valence electrons. The zero-order valence-corrected chi connectivity index (χ0v) is 10.9. The van der Waals surface area contributed by atoms with Gasteiger partial charge in [-0.2, -0.15) is 0 Å². The van der Waals surface area contributed by atoms with Gasteiger partial charge in [-0.15, -0.1) is 0 Å². The number of urea groups is 1. The lowest BCUT2D eigenvalue weighted by Gasteiger charge is -2.07. The van der Waals surface area contributed by atoms with Gasteiger partial charge in [0.05, 0.1) is 0 Å². The van der Waals surface area contributed by atoms with Crippen molar-refractivity contribution in [1.82, 2.24) is 15.2 Å². The number of para-hydroxylation sites is 1. The van der Waals surface area contributed by atoms with E-state index in [1.165, 1.54) is 12.6 Å². The van der Waals surface area contributed by atoms with Gasteiger partial charge >= 0.3 is 6.03 Å². The molecule has 3 amide bonds. The molecule has 2 aromatic rings. The number of aromatic amines is 1. The van der Waals surface area contributed by atoms with Gasteiger partial charge in [-0.25, -0.2) is 4.79 Å². The zero-order chi connectivity index (χ0) is 13.6. The third kappa shape index (κ3) is 1.78. The Morgan fingerprint density at radius 2 is 2.11 bits per heavy atom. The molecular formula is C14H15N3O2. The van der Waals surface area contributed by atoms with Crippen LogP contribution in [0.25, 0.3) is 10.9 Å². The first-order chi connectivity index (χ1) is 9.08. The van der Waals surface area contributed by atoms with Gasteiger partial charge < -0.3 is 10.3 Å². The Balaban J connectivity index is 1.93. The Morgan fingerprint density at radius 3 is 2.79 bits per heavy atom. The van der Waals surface area contributed by atoms with Crippen LogP contribution in [0.4, 0.5) is 4.79 Å². The van der Waals surface area contributed by atoms with Crippen LogP contribution in [0.3, 0.4) is 0 Å². The zero-order valence-electron chi connectivity index (χ0n) is 10.9. The van der Waals surface area contributed by atoms with Gasteiger partial charge in [0.25, 0.3) is 5.91 Å². The number of rotatable bonds is 2. The van der Waals surface area contributed by atoms with Crippen LogP contribution >= 0.6 is 0 Å². The van der Waals surface area contributed by atoms with Crippen LogP contribution < -0.4 is 5.32 Å². The fraction of sp³-hybridized carbons (Fsp3) is 0.286. The Bertz CT molecular complexity index is 674. The second-order valence-electron chi connectivity index (χ2n) is 4.91. The highest BCUT2D eigenvalue weighted by molar-refractivity contribution is 6.04. The van der Waals surface area contributed by atoms with E-state index in [9.17, 15) is 9.59 Å². The second kappa shape index (κ2) is 4.12. The van der Waals surface area contributed by atoms with E-state index < -0.39 is 6.04 Å². The molecule has 1 fully saturated rings. The predicted octanol–water partition coefficient (Wildman–Crippen LogP) is 1.57. The van der Waals surface area contributed by atoms with E-state index in [-0.39, 0.29) is 11.9 Å². The molecule has 1 atom stereocenters. The number of aryl methyl sites for hydroxylation is 1. The lowest BCUT2D eigenvalue weighted by molar-refractivity contribution is -0.126. The first-order valence-electron chi connectivity index (χ1n) is 6.21. The first-order valence-corrected chi connectivity index (χ1v) is 6.21. The van der Waals surface area contributed by atoms with Crippen LogP contribution in [-0.4, -0.2) is 34.9 Å². The predicted molar refractivity (Wildman–Crippen MR) is 71.8 cm³/mol. The van der Waals surface area contributed by atoms with Gasteiger partial charge in [0.2, 0.25) is 0 Å². The van der Waals surface area contributed by atoms with Crippen molar-refractivity contribution >= 4 is 22.8 Å². The summed E-state index contributed by atoms with van der Waals surface area (Å²) in [7, 11) is 1.50. The monoisotopic (exact) mass is 257 g/mol. The minimum atomic E-state index is -0.461. The molecule has 5 nitrogen and oxygen atoms in total. The van der Waals surface area contributed by atoms with Crippen molar-refractivity contribution in [3.63, 3.8) is 0 Å². The number of hydrogen-bond acceptors (Lipinski definition) is 2. The van der Waals surface area contributed by atoms with Crippen molar-refractivity contribution in [3.05, 3.63) is 35.5 Å². The summed E-state index contributed by atoms with van der Waals surface area (Å²) in [5.41, 5.74) is 3.30. The van der Waals surface area contributed by atoms with E-state index in [1.54, 1.807) is 0 Å². The summed E-state index contributed by atoms with van der Waals surface area (Å²) in [5.74, 6) is -0.174. The number of imide groups is 1. The standard InChI is InChI=1S/C14H15N3O2/c1-8-4-3-5-10-9(7-15-12(8)10)6-11-13(18)17(2)14(19)16-11/h3-5,7,11,15H,6H2,1-2H3,(H,16,19). The molecule has 1 aliphatic heterocycles. The normalized spacial score (nSPS) is 19.3. The van der Waals surface area contributed by atoms with Crippen LogP contribution in [0.15, 0.2) is 24.4 Å². The molecule has 0 bridgehead atoms. The number of nitrogens with one attached hydrogen (secondary N) is 2. The van der Waals surface area contributed by atoms with Crippen LogP contribution in [0, 0.1) is 6.92 Å². The van der Waals surface area contributed by atoms with Crippen molar-refractivity contribution in [1.29, 1.82) is 0 Å². The van der Waals surface area contributed by atoms with E-state index in [0.717, 1.165) is 21.4 Å². The summed E-state index contributed by atoms with van der Waals surface area (Å²) >= 11 is 0. The van der Waals surface area contributed by atoms with Crippen LogP contribution in [0.5, 0.6) is 0 Å². The van der Waals surface area contributed by atoms with Crippen LogP contribution in [0.2, 0.25) is 0 Å². The molecule has 1 aliphatic rings. The van der Waals surface area contributed by atoms with Crippen LogP contribution in [-0.2, 0) is 11.2 Å². The van der Waals surface area contributed by atoms with Crippen molar-refractivity contribution < 1.29 is 9.59 Å². The average Bonchev–Trinajstić information content (AvgIpc) is 2.90. The number of hydrogen-bond donors (Lipinski definition) is 2. The molecule has 2 heterocycles. The molecule has 0 saturated carbocycles. The molecular weight excluding hydrogens is 242 g/mol. The maximum atomic E-state index is 11.9. The molecule has 2 N–H and O–H groups in total. The van der Waals surface area contributed by atoms with E-state index in [1.807, 2.05) is 31.3 Å². The molecule has 1 aromatic heterocycles. The highest BCUT2D eigenvalue weighted by Gasteiger charge is 2.35. The van der Waals surface area contributed by atoms with E-state index in [2.05, 4.69) is 10.3 Å². The number of benzene rings is 1. The van der Waals surface area contributed by atoms with E-state index in [4.69, 9.17) is 0 Å². The first kappa shape index (κ1) is 11.8. The number of carbonyl (C=O) groups excluding carboxylic acids is 2. The van der Waals surface area contributed by atoms with Crippen molar-refractivity contribution in [2.24, 2.45) is 0 Å². The van der Waals surface area contributed by atoms with Crippen molar-refractivity contribution in [3.8, 4) is 0 Å². The quantitative estimate of drug-likeness (QED) is 0.802. The van der Waals surface area contributed by atoms with Gasteiger partial charge in [-0.3, -0.25) is 9.69 Å². The molecule has 1 unspecified atom stereocenters. The molecule has 3 rings (SSSR count). The summed E-state index contributed by atoms with van der Waals surface area (Å²) in [5, 5.41) is 3.80. The SMILES string of the molecule is Cc1cccc2c(CC3NC(=O)N(C)C3=O)c[nH]c12. The van der Waals surface area contributed by atoms with Crippen molar-refractivity contribution in [2.45, 2.75) is 19.4 Å².